The normalized spacial score (nSPS) is 18.3. The first-order valence-electron chi connectivity index (χ1n) is 7.89. The van der Waals surface area contributed by atoms with Crippen LogP contribution >= 0.6 is 0 Å². The lowest BCUT2D eigenvalue weighted by Gasteiger charge is -2.28. The molecular formula is C14H20N6O2. The largest absolute Gasteiger partial charge is 0.464 e. The number of nitrogens with zero attached hydrogens (tertiary/aromatic N) is 5. The van der Waals surface area contributed by atoms with Crippen LogP contribution in [0.5, 0.6) is 6.01 Å². The number of nitrogens with one attached hydrogen (secondary N) is 1. The summed E-state index contributed by atoms with van der Waals surface area (Å²) < 4.78 is 9.13. The fourth-order valence-corrected chi connectivity index (χ4v) is 3.18. The van der Waals surface area contributed by atoms with E-state index in [0.717, 1.165) is 38.5 Å². The second kappa shape index (κ2) is 5.28. The standard InChI is InChI=1S/C14H20N6O2/c1-2-19-10-11(16-13(19)18-7-4-15-5-8-18)17-14-20(12(10)21)6-3-9-22-14/h15H,2-9H2,1H3. The Morgan fingerprint density at radius 3 is 2.82 bits per heavy atom. The Bertz CT molecular complexity index is 759. The number of anilines is 1. The summed E-state index contributed by atoms with van der Waals surface area (Å²) in [5.74, 6) is 0.839. The molecule has 0 atom stereocenters. The Morgan fingerprint density at radius 2 is 2.05 bits per heavy atom. The summed E-state index contributed by atoms with van der Waals surface area (Å²) in [5.41, 5.74) is 1.04. The summed E-state index contributed by atoms with van der Waals surface area (Å²) in [5, 5.41) is 3.33. The molecule has 2 aliphatic rings. The highest BCUT2D eigenvalue weighted by molar-refractivity contribution is 5.74. The van der Waals surface area contributed by atoms with Crippen molar-refractivity contribution in [2.24, 2.45) is 0 Å². The lowest BCUT2D eigenvalue weighted by Crippen LogP contribution is -2.44. The van der Waals surface area contributed by atoms with Crippen LogP contribution in [-0.4, -0.2) is 51.9 Å². The summed E-state index contributed by atoms with van der Waals surface area (Å²) in [7, 11) is 0. The molecule has 0 saturated carbocycles. The van der Waals surface area contributed by atoms with Crippen LogP contribution in [0.15, 0.2) is 4.79 Å². The van der Waals surface area contributed by atoms with Gasteiger partial charge in [0.2, 0.25) is 5.95 Å². The quantitative estimate of drug-likeness (QED) is 0.828. The van der Waals surface area contributed by atoms with E-state index in [9.17, 15) is 4.79 Å². The first-order chi connectivity index (χ1) is 10.8. The van der Waals surface area contributed by atoms with Crippen molar-refractivity contribution in [3.05, 3.63) is 10.4 Å². The van der Waals surface area contributed by atoms with E-state index in [1.165, 1.54) is 0 Å². The van der Waals surface area contributed by atoms with Crippen molar-refractivity contribution in [2.45, 2.75) is 26.4 Å². The number of aryl methyl sites for hydroxylation is 1. The van der Waals surface area contributed by atoms with Gasteiger partial charge in [0.05, 0.1) is 6.61 Å². The van der Waals surface area contributed by atoms with Crippen molar-refractivity contribution in [1.29, 1.82) is 0 Å². The average molecular weight is 304 g/mol. The summed E-state index contributed by atoms with van der Waals surface area (Å²) in [6, 6.07) is 0.399. The topological polar surface area (TPSA) is 77.2 Å². The maximum absolute atomic E-state index is 12.8. The molecule has 8 heteroatoms. The van der Waals surface area contributed by atoms with E-state index >= 15 is 0 Å². The van der Waals surface area contributed by atoms with Crippen LogP contribution in [0.25, 0.3) is 11.2 Å². The van der Waals surface area contributed by atoms with Crippen LogP contribution < -0.4 is 20.5 Å². The van der Waals surface area contributed by atoms with E-state index in [1.807, 2.05) is 11.5 Å². The maximum atomic E-state index is 12.8. The van der Waals surface area contributed by atoms with Gasteiger partial charge in [-0.2, -0.15) is 9.97 Å². The molecule has 118 valence electrons. The average Bonchev–Trinajstić information content (AvgIpc) is 2.94. The fourth-order valence-electron chi connectivity index (χ4n) is 3.18. The van der Waals surface area contributed by atoms with E-state index in [1.54, 1.807) is 4.57 Å². The Kier molecular flexibility index (Phi) is 3.25. The van der Waals surface area contributed by atoms with Crippen molar-refractivity contribution in [2.75, 3.05) is 37.7 Å². The molecular weight excluding hydrogens is 284 g/mol. The van der Waals surface area contributed by atoms with Gasteiger partial charge in [-0.1, -0.05) is 0 Å². The molecule has 0 radical (unpaired) electrons. The van der Waals surface area contributed by atoms with Gasteiger partial charge >= 0.3 is 6.01 Å². The Balaban J connectivity index is 1.92. The summed E-state index contributed by atoms with van der Waals surface area (Å²) in [4.78, 5) is 24.1. The van der Waals surface area contributed by atoms with Crippen molar-refractivity contribution in [3.8, 4) is 6.01 Å². The third-order valence-electron chi connectivity index (χ3n) is 4.28. The first kappa shape index (κ1) is 13.6. The van der Waals surface area contributed by atoms with Gasteiger partial charge in [0.1, 0.15) is 0 Å². The van der Waals surface area contributed by atoms with E-state index in [-0.39, 0.29) is 5.56 Å². The smallest absolute Gasteiger partial charge is 0.301 e. The highest BCUT2D eigenvalue weighted by Gasteiger charge is 2.24. The second-order valence-corrected chi connectivity index (χ2v) is 5.62. The molecule has 4 heterocycles. The van der Waals surface area contributed by atoms with Gasteiger partial charge in [0, 0.05) is 39.3 Å². The molecule has 2 aromatic rings. The predicted octanol–water partition coefficient (Wildman–Crippen LogP) is -0.195. The molecule has 8 nitrogen and oxygen atoms in total. The number of rotatable bonds is 2. The van der Waals surface area contributed by atoms with Crippen LogP contribution in [0.3, 0.4) is 0 Å². The zero-order valence-electron chi connectivity index (χ0n) is 12.7. The third-order valence-corrected chi connectivity index (χ3v) is 4.28. The predicted molar refractivity (Wildman–Crippen MR) is 82.7 cm³/mol. The van der Waals surface area contributed by atoms with Gasteiger partial charge in [-0.05, 0) is 13.3 Å². The number of aromatic nitrogens is 4. The molecule has 1 N–H and O–H groups in total. The van der Waals surface area contributed by atoms with Crippen LogP contribution in [0.1, 0.15) is 13.3 Å². The van der Waals surface area contributed by atoms with Crippen molar-refractivity contribution in [1.82, 2.24) is 24.4 Å². The fraction of sp³-hybridized carbons (Fsp3) is 0.643. The molecule has 0 unspecified atom stereocenters. The molecule has 0 bridgehead atoms. The monoisotopic (exact) mass is 304 g/mol. The number of fused-ring (bicyclic) bond motifs is 2. The molecule has 2 aromatic heterocycles. The summed E-state index contributed by atoms with van der Waals surface area (Å²) in [6.45, 7) is 7.64. The van der Waals surface area contributed by atoms with E-state index in [0.29, 0.717) is 36.9 Å². The van der Waals surface area contributed by atoms with Crippen LogP contribution in [-0.2, 0) is 13.1 Å². The molecule has 4 rings (SSSR count). The Labute approximate surface area is 127 Å². The first-order valence-corrected chi connectivity index (χ1v) is 7.89. The van der Waals surface area contributed by atoms with Crippen molar-refractivity contribution in [3.63, 3.8) is 0 Å². The zero-order valence-corrected chi connectivity index (χ0v) is 12.7. The highest BCUT2D eigenvalue weighted by atomic mass is 16.5. The number of ether oxygens (including phenoxy) is 1. The molecule has 0 aromatic carbocycles. The van der Waals surface area contributed by atoms with Gasteiger partial charge in [0.15, 0.2) is 11.2 Å². The van der Waals surface area contributed by atoms with Gasteiger partial charge in [-0.15, -0.1) is 0 Å². The molecule has 0 amide bonds. The van der Waals surface area contributed by atoms with E-state index < -0.39 is 0 Å². The van der Waals surface area contributed by atoms with Crippen molar-refractivity contribution >= 4 is 17.1 Å². The van der Waals surface area contributed by atoms with Crippen LogP contribution in [0, 0.1) is 0 Å². The minimum absolute atomic E-state index is 0.0459. The molecule has 1 fully saturated rings. The number of imidazole rings is 1. The SMILES string of the molecule is CCn1c(N2CCNCC2)nc2nc3n(c(=O)c21)CCCO3. The van der Waals surface area contributed by atoms with E-state index in [4.69, 9.17) is 4.74 Å². The zero-order chi connectivity index (χ0) is 15.1. The van der Waals surface area contributed by atoms with E-state index in [2.05, 4.69) is 20.2 Å². The maximum Gasteiger partial charge on any atom is 0.301 e. The number of hydrogen-bond acceptors (Lipinski definition) is 6. The van der Waals surface area contributed by atoms with Gasteiger partial charge in [-0.3, -0.25) is 9.36 Å². The number of piperazine rings is 1. The van der Waals surface area contributed by atoms with Crippen LogP contribution in [0.4, 0.5) is 5.95 Å². The minimum atomic E-state index is -0.0459. The molecule has 0 aliphatic carbocycles. The van der Waals surface area contributed by atoms with Gasteiger partial charge in [-0.25, -0.2) is 0 Å². The lowest BCUT2D eigenvalue weighted by molar-refractivity contribution is 0.224. The summed E-state index contributed by atoms with van der Waals surface area (Å²) >= 11 is 0. The third kappa shape index (κ3) is 1.98. The molecule has 22 heavy (non-hydrogen) atoms. The van der Waals surface area contributed by atoms with Crippen LogP contribution in [0.2, 0.25) is 0 Å². The second-order valence-electron chi connectivity index (χ2n) is 5.62. The summed E-state index contributed by atoms with van der Waals surface area (Å²) in [6.07, 6.45) is 0.838. The van der Waals surface area contributed by atoms with Gasteiger partial charge in [0.25, 0.3) is 5.56 Å². The number of hydrogen-bond donors (Lipinski definition) is 1. The minimum Gasteiger partial charge on any atom is -0.464 e. The molecule has 0 spiro atoms. The lowest BCUT2D eigenvalue weighted by atomic mass is 10.4. The molecule has 2 aliphatic heterocycles. The Hall–Kier alpha value is -2.09. The Morgan fingerprint density at radius 1 is 1.23 bits per heavy atom. The molecule has 1 saturated heterocycles. The van der Waals surface area contributed by atoms with Gasteiger partial charge < -0.3 is 19.5 Å². The van der Waals surface area contributed by atoms with Crippen molar-refractivity contribution < 1.29 is 4.74 Å². The highest BCUT2D eigenvalue weighted by Crippen LogP contribution is 2.22.